The molecule has 0 aromatic heterocycles. The molecule has 2 aliphatic heterocycles. The molecule has 2 rings (SSSR count). The van der Waals surface area contributed by atoms with Crippen LogP contribution >= 0.6 is 12.4 Å². The highest BCUT2D eigenvalue weighted by Gasteiger charge is 2.29. The number of esters is 1. The largest absolute Gasteiger partial charge is 0.466 e. The van der Waals surface area contributed by atoms with Gasteiger partial charge in [0.1, 0.15) is 0 Å². The Balaban J connectivity index is 0.00000144. The topological polar surface area (TPSA) is 41.6 Å². The molecule has 5 heteroatoms. The highest BCUT2D eigenvalue weighted by molar-refractivity contribution is 5.85. The average Bonchev–Trinajstić information content (AvgIpc) is 2.18. The smallest absolute Gasteiger partial charge is 0.306 e. The second-order valence-corrected chi connectivity index (χ2v) is 4.80. The monoisotopic (exact) mass is 262 g/mol. The maximum Gasteiger partial charge on any atom is 0.306 e. The predicted molar refractivity (Wildman–Crippen MR) is 69.5 cm³/mol. The molecule has 2 aliphatic rings. The SMILES string of the molecule is CCOC(=O)CC1CCN(C2CNC2)CC1.Cl. The van der Waals surface area contributed by atoms with Crippen LogP contribution in [0.5, 0.6) is 0 Å². The molecule has 2 saturated heterocycles. The first-order valence-electron chi connectivity index (χ1n) is 6.40. The maximum atomic E-state index is 11.3. The van der Waals surface area contributed by atoms with Crippen LogP contribution in [-0.2, 0) is 9.53 Å². The van der Waals surface area contributed by atoms with E-state index in [4.69, 9.17) is 4.74 Å². The van der Waals surface area contributed by atoms with Gasteiger partial charge in [-0.1, -0.05) is 0 Å². The normalized spacial score (nSPS) is 22.6. The van der Waals surface area contributed by atoms with E-state index in [0.717, 1.165) is 45.1 Å². The molecule has 0 radical (unpaired) electrons. The minimum Gasteiger partial charge on any atom is -0.466 e. The number of carbonyl (C=O) groups excluding carboxylic acids is 1. The molecule has 1 N–H and O–H groups in total. The van der Waals surface area contributed by atoms with Gasteiger partial charge in [0.2, 0.25) is 0 Å². The third kappa shape index (κ3) is 4.12. The van der Waals surface area contributed by atoms with Crippen LogP contribution in [0.3, 0.4) is 0 Å². The lowest BCUT2D eigenvalue weighted by Crippen LogP contribution is -2.58. The molecule has 4 nitrogen and oxygen atoms in total. The van der Waals surface area contributed by atoms with Gasteiger partial charge < -0.3 is 10.1 Å². The second-order valence-electron chi connectivity index (χ2n) is 4.80. The van der Waals surface area contributed by atoms with Crippen molar-refractivity contribution >= 4 is 18.4 Å². The molecule has 0 aromatic rings. The zero-order valence-corrected chi connectivity index (χ0v) is 11.3. The van der Waals surface area contributed by atoms with E-state index in [1.54, 1.807) is 0 Å². The highest BCUT2D eigenvalue weighted by atomic mass is 35.5. The number of likely N-dealkylation sites (tertiary alicyclic amines) is 1. The van der Waals surface area contributed by atoms with E-state index in [2.05, 4.69) is 10.2 Å². The Kier molecular flexibility index (Phi) is 6.23. The fourth-order valence-electron chi connectivity index (χ4n) is 2.51. The molecule has 0 aromatic carbocycles. The fourth-order valence-corrected chi connectivity index (χ4v) is 2.51. The van der Waals surface area contributed by atoms with E-state index in [0.29, 0.717) is 18.9 Å². The van der Waals surface area contributed by atoms with Crippen LogP contribution in [0.25, 0.3) is 0 Å². The molecule has 17 heavy (non-hydrogen) atoms. The van der Waals surface area contributed by atoms with Crippen LogP contribution in [0.2, 0.25) is 0 Å². The van der Waals surface area contributed by atoms with Gasteiger partial charge in [0, 0.05) is 25.6 Å². The third-order valence-electron chi connectivity index (χ3n) is 3.69. The fraction of sp³-hybridized carbons (Fsp3) is 0.917. The number of nitrogens with one attached hydrogen (secondary N) is 1. The van der Waals surface area contributed by atoms with Crippen molar-refractivity contribution in [2.75, 3.05) is 32.8 Å². The van der Waals surface area contributed by atoms with Crippen molar-refractivity contribution in [1.29, 1.82) is 0 Å². The Morgan fingerprint density at radius 2 is 2.00 bits per heavy atom. The number of ether oxygens (including phenoxy) is 1. The zero-order chi connectivity index (χ0) is 11.4. The molecular formula is C12H23ClN2O2. The first kappa shape index (κ1) is 14.7. The van der Waals surface area contributed by atoms with Gasteiger partial charge in [-0.15, -0.1) is 12.4 Å². The first-order chi connectivity index (χ1) is 7.79. The molecular weight excluding hydrogens is 240 g/mol. The molecule has 0 spiro atoms. The van der Waals surface area contributed by atoms with Gasteiger partial charge in [0.15, 0.2) is 0 Å². The summed E-state index contributed by atoms with van der Waals surface area (Å²) in [5, 5.41) is 3.30. The lowest BCUT2D eigenvalue weighted by Gasteiger charge is -2.42. The third-order valence-corrected chi connectivity index (χ3v) is 3.69. The summed E-state index contributed by atoms with van der Waals surface area (Å²) in [4.78, 5) is 13.9. The number of piperidine rings is 1. The van der Waals surface area contributed by atoms with E-state index < -0.39 is 0 Å². The summed E-state index contributed by atoms with van der Waals surface area (Å²) < 4.78 is 4.99. The average molecular weight is 263 g/mol. The molecule has 0 amide bonds. The van der Waals surface area contributed by atoms with Gasteiger partial charge >= 0.3 is 5.97 Å². The van der Waals surface area contributed by atoms with Crippen molar-refractivity contribution in [3.63, 3.8) is 0 Å². The standard InChI is InChI=1S/C12H22N2O2.ClH/c1-2-16-12(15)7-10-3-5-14(6-4-10)11-8-13-9-11;/h10-11,13H,2-9H2,1H3;1H. The summed E-state index contributed by atoms with van der Waals surface area (Å²) in [5.74, 6) is 0.523. The first-order valence-corrected chi connectivity index (χ1v) is 6.40. The maximum absolute atomic E-state index is 11.3. The molecule has 2 heterocycles. The Morgan fingerprint density at radius 3 is 2.47 bits per heavy atom. The summed E-state index contributed by atoms with van der Waals surface area (Å²) in [6.45, 7) is 6.95. The molecule has 100 valence electrons. The summed E-state index contributed by atoms with van der Waals surface area (Å²) in [5.41, 5.74) is 0. The van der Waals surface area contributed by atoms with Gasteiger partial charge in [-0.25, -0.2) is 0 Å². The molecule has 2 fully saturated rings. The van der Waals surface area contributed by atoms with Crippen LogP contribution in [-0.4, -0.2) is 49.7 Å². The van der Waals surface area contributed by atoms with E-state index in [-0.39, 0.29) is 18.4 Å². The molecule has 0 saturated carbocycles. The number of carbonyl (C=O) groups is 1. The van der Waals surface area contributed by atoms with Crippen molar-refractivity contribution in [2.45, 2.75) is 32.2 Å². The summed E-state index contributed by atoms with van der Waals surface area (Å²) in [6, 6.07) is 0.753. The van der Waals surface area contributed by atoms with E-state index in [9.17, 15) is 4.79 Å². The van der Waals surface area contributed by atoms with Crippen LogP contribution in [0.4, 0.5) is 0 Å². The Hall–Kier alpha value is -0.320. The minimum absolute atomic E-state index is 0. The minimum atomic E-state index is -0.0220. The van der Waals surface area contributed by atoms with E-state index >= 15 is 0 Å². The van der Waals surface area contributed by atoms with E-state index in [1.165, 1.54) is 0 Å². The van der Waals surface area contributed by atoms with Crippen LogP contribution in [0, 0.1) is 5.92 Å². The Labute approximate surface area is 109 Å². The molecule has 0 atom stereocenters. The number of hydrogen-bond donors (Lipinski definition) is 1. The Bertz CT molecular complexity index is 239. The van der Waals surface area contributed by atoms with Crippen molar-refractivity contribution in [1.82, 2.24) is 10.2 Å². The number of halogens is 1. The van der Waals surface area contributed by atoms with Crippen molar-refractivity contribution in [3.8, 4) is 0 Å². The van der Waals surface area contributed by atoms with Gasteiger partial charge in [-0.05, 0) is 38.8 Å². The lowest BCUT2D eigenvalue weighted by molar-refractivity contribution is -0.144. The van der Waals surface area contributed by atoms with Gasteiger partial charge in [-0.3, -0.25) is 9.69 Å². The van der Waals surface area contributed by atoms with Gasteiger partial charge in [0.25, 0.3) is 0 Å². The Morgan fingerprint density at radius 1 is 1.35 bits per heavy atom. The van der Waals surface area contributed by atoms with Crippen molar-refractivity contribution in [2.24, 2.45) is 5.92 Å². The van der Waals surface area contributed by atoms with Crippen molar-refractivity contribution in [3.05, 3.63) is 0 Å². The number of nitrogens with zero attached hydrogens (tertiary/aromatic N) is 1. The quantitative estimate of drug-likeness (QED) is 0.769. The van der Waals surface area contributed by atoms with Crippen molar-refractivity contribution < 1.29 is 9.53 Å². The summed E-state index contributed by atoms with van der Waals surface area (Å²) in [6.07, 6.45) is 2.91. The molecule has 0 unspecified atom stereocenters. The summed E-state index contributed by atoms with van der Waals surface area (Å²) >= 11 is 0. The van der Waals surface area contributed by atoms with Crippen LogP contribution < -0.4 is 5.32 Å². The van der Waals surface area contributed by atoms with Crippen LogP contribution in [0.1, 0.15) is 26.2 Å². The molecule has 0 aliphatic carbocycles. The van der Waals surface area contributed by atoms with Gasteiger partial charge in [0.05, 0.1) is 6.61 Å². The highest BCUT2D eigenvalue weighted by Crippen LogP contribution is 2.23. The van der Waals surface area contributed by atoms with E-state index in [1.807, 2.05) is 6.92 Å². The predicted octanol–water partition coefficient (Wildman–Crippen LogP) is 1.05. The number of rotatable bonds is 4. The molecule has 0 bridgehead atoms. The second kappa shape index (κ2) is 7.19. The van der Waals surface area contributed by atoms with Gasteiger partial charge in [-0.2, -0.15) is 0 Å². The lowest BCUT2D eigenvalue weighted by atomic mass is 9.92. The number of hydrogen-bond acceptors (Lipinski definition) is 4. The summed E-state index contributed by atoms with van der Waals surface area (Å²) in [7, 11) is 0. The van der Waals surface area contributed by atoms with Crippen LogP contribution in [0.15, 0.2) is 0 Å². The zero-order valence-electron chi connectivity index (χ0n) is 10.5.